The van der Waals surface area contributed by atoms with Crippen molar-refractivity contribution < 1.29 is 36.8 Å². The zero-order chi connectivity index (χ0) is 28.4. The number of nitrogens with zero attached hydrogens (tertiary/aromatic N) is 1. The number of carbonyl (C=O) groups excluding carboxylic acids is 3. The molecular weight excluding hydrogens is 548 g/mol. The van der Waals surface area contributed by atoms with Crippen LogP contribution >= 0.6 is 11.3 Å². The third-order valence-electron chi connectivity index (χ3n) is 5.34. The number of thiazole rings is 1. The number of hydrogen-bond acceptors (Lipinski definition) is 9. The van der Waals surface area contributed by atoms with E-state index in [9.17, 15) is 22.8 Å². The molecule has 0 aliphatic rings. The molecular formula is C25H28N4O8S2. The maximum atomic E-state index is 13.4. The molecule has 0 fully saturated rings. The number of carbonyl (C=O) groups is 3. The molecule has 14 heteroatoms. The Morgan fingerprint density at radius 1 is 1.00 bits per heavy atom. The minimum Gasteiger partial charge on any atom is -0.461 e. The Kier molecular flexibility index (Phi) is 10.4. The number of rotatable bonds is 12. The molecule has 1 heterocycles. The molecule has 2 unspecified atom stereocenters. The minimum atomic E-state index is -4.43. The van der Waals surface area contributed by atoms with Crippen LogP contribution in [0.15, 0.2) is 60.0 Å². The molecule has 0 aliphatic heterocycles. The second-order valence-electron chi connectivity index (χ2n) is 8.21. The minimum absolute atomic E-state index is 0.0947. The Hall–Kier alpha value is -4.01. The number of benzene rings is 2. The Bertz CT molecular complexity index is 1380. The quantitative estimate of drug-likeness (QED) is 0.187. The van der Waals surface area contributed by atoms with E-state index in [0.29, 0.717) is 10.6 Å². The first-order valence-electron chi connectivity index (χ1n) is 11.7. The van der Waals surface area contributed by atoms with Gasteiger partial charge in [-0.05, 0) is 36.6 Å². The van der Waals surface area contributed by atoms with E-state index < -0.39 is 40.4 Å². The predicted molar refractivity (Wildman–Crippen MR) is 144 cm³/mol. The molecule has 39 heavy (non-hydrogen) atoms. The van der Waals surface area contributed by atoms with Crippen LogP contribution in [0.3, 0.4) is 0 Å². The number of amides is 2. The van der Waals surface area contributed by atoms with Gasteiger partial charge in [-0.25, -0.2) is 14.6 Å². The highest BCUT2D eigenvalue weighted by molar-refractivity contribution is 7.87. The van der Waals surface area contributed by atoms with Crippen LogP contribution in [-0.4, -0.2) is 55.7 Å². The van der Waals surface area contributed by atoms with E-state index in [4.69, 9.17) is 14.0 Å². The van der Waals surface area contributed by atoms with Crippen LogP contribution in [0.5, 0.6) is 0 Å². The zero-order valence-electron chi connectivity index (χ0n) is 21.1. The van der Waals surface area contributed by atoms with Crippen molar-refractivity contribution in [2.45, 2.75) is 31.8 Å². The first-order valence-corrected chi connectivity index (χ1v) is 14.1. The highest BCUT2D eigenvalue weighted by Crippen LogP contribution is 2.24. The summed E-state index contributed by atoms with van der Waals surface area (Å²) in [6.07, 6.45) is -0.371. The molecule has 0 bridgehead atoms. The van der Waals surface area contributed by atoms with E-state index in [1.807, 2.05) is 35.1 Å². The highest BCUT2D eigenvalue weighted by Gasteiger charge is 2.27. The number of hydrogen-bond donors (Lipinski definition) is 4. The van der Waals surface area contributed by atoms with Crippen LogP contribution < -0.4 is 15.4 Å². The predicted octanol–water partition coefficient (Wildman–Crippen LogP) is 2.90. The summed E-state index contributed by atoms with van der Waals surface area (Å²) in [4.78, 5) is 42.0. The van der Waals surface area contributed by atoms with E-state index in [2.05, 4.69) is 15.6 Å². The number of methoxy groups -OCH3 is 1. The topological polar surface area (TPSA) is 173 Å². The number of esters is 1. The smallest absolute Gasteiger partial charge is 0.407 e. The van der Waals surface area contributed by atoms with Gasteiger partial charge in [0.15, 0.2) is 5.69 Å². The van der Waals surface area contributed by atoms with Gasteiger partial charge >= 0.3 is 22.4 Å². The fourth-order valence-electron chi connectivity index (χ4n) is 3.57. The average Bonchev–Trinajstić information content (AvgIpc) is 3.39. The van der Waals surface area contributed by atoms with Crippen molar-refractivity contribution in [1.29, 1.82) is 0 Å². The molecule has 1 aromatic heterocycles. The monoisotopic (exact) mass is 576 g/mol. The van der Waals surface area contributed by atoms with Gasteiger partial charge in [0.25, 0.3) is 0 Å². The number of alkyl carbamates (subject to hydrolysis) is 1. The Morgan fingerprint density at radius 2 is 1.67 bits per heavy atom. The summed E-state index contributed by atoms with van der Waals surface area (Å²) >= 11 is 1.15. The lowest BCUT2D eigenvalue weighted by Crippen LogP contribution is -2.49. The van der Waals surface area contributed by atoms with Gasteiger partial charge in [-0.1, -0.05) is 42.5 Å². The van der Waals surface area contributed by atoms with Gasteiger partial charge in [-0.15, -0.1) is 11.3 Å². The van der Waals surface area contributed by atoms with Gasteiger partial charge in [0.2, 0.25) is 5.91 Å². The van der Waals surface area contributed by atoms with Gasteiger partial charge in [0, 0.05) is 11.8 Å². The molecule has 2 aromatic carbocycles. The highest BCUT2D eigenvalue weighted by atomic mass is 32.2. The van der Waals surface area contributed by atoms with E-state index in [0.717, 1.165) is 16.9 Å². The average molecular weight is 577 g/mol. The van der Waals surface area contributed by atoms with Gasteiger partial charge in [-0.2, -0.15) is 8.42 Å². The maximum Gasteiger partial charge on any atom is 0.407 e. The van der Waals surface area contributed by atoms with Crippen LogP contribution in [0.4, 0.5) is 10.5 Å². The van der Waals surface area contributed by atoms with Crippen molar-refractivity contribution in [3.63, 3.8) is 0 Å². The normalized spacial score (nSPS) is 12.6. The third kappa shape index (κ3) is 9.35. The lowest BCUT2D eigenvalue weighted by atomic mass is 10.0. The standard InChI is InChI=1S/C25H28N4O8S2/c1-3-37-24(31)21-15-38-23(27-21)20(14-17-9-11-18(12-10-17)29-39(33,34)35)26-22(30)19(28-25(32)36-2)13-16-7-5-4-6-8-16/h4-12,15,19-20,29H,3,13-14H2,1-2H3,(H,26,30)(H,28,32)(H,33,34,35). The van der Waals surface area contributed by atoms with Crippen molar-refractivity contribution >= 4 is 45.3 Å². The summed E-state index contributed by atoms with van der Waals surface area (Å²) in [5.74, 6) is -1.10. The second-order valence-corrected chi connectivity index (χ2v) is 10.3. The fraction of sp³-hybridized carbons (Fsp3) is 0.280. The van der Waals surface area contributed by atoms with Crippen molar-refractivity contribution in [1.82, 2.24) is 15.6 Å². The van der Waals surface area contributed by atoms with Gasteiger partial charge in [-0.3, -0.25) is 14.1 Å². The summed E-state index contributed by atoms with van der Waals surface area (Å²) in [6.45, 7) is 1.85. The van der Waals surface area contributed by atoms with Crippen LogP contribution in [0.1, 0.15) is 39.6 Å². The Morgan fingerprint density at radius 3 is 2.28 bits per heavy atom. The first kappa shape index (κ1) is 29.5. The summed E-state index contributed by atoms with van der Waals surface area (Å²) < 4.78 is 42.8. The Labute approximate surface area is 229 Å². The Balaban J connectivity index is 1.87. The molecule has 208 valence electrons. The number of ether oxygens (including phenoxy) is 2. The van der Waals surface area contributed by atoms with Crippen LogP contribution in [0.2, 0.25) is 0 Å². The van der Waals surface area contributed by atoms with Crippen molar-refractivity contribution in [2.75, 3.05) is 18.4 Å². The molecule has 4 N–H and O–H groups in total. The summed E-state index contributed by atoms with van der Waals surface area (Å²) in [6, 6.07) is 13.5. The van der Waals surface area contributed by atoms with E-state index >= 15 is 0 Å². The van der Waals surface area contributed by atoms with Crippen molar-refractivity contribution in [3.8, 4) is 0 Å². The van der Waals surface area contributed by atoms with Gasteiger partial charge in [0.05, 0.1) is 25.4 Å². The molecule has 12 nitrogen and oxygen atoms in total. The molecule has 3 rings (SSSR count). The maximum absolute atomic E-state index is 13.4. The summed E-state index contributed by atoms with van der Waals surface area (Å²) in [5.41, 5.74) is 1.74. The number of aromatic nitrogens is 1. The molecule has 0 saturated heterocycles. The first-order chi connectivity index (χ1) is 18.6. The lowest BCUT2D eigenvalue weighted by Gasteiger charge is -2.22. The van der Waals surface area contributed by atoms with Crippen LogP contribution in [0, 0.1) is 0 Å². The van der Waals surface area contributed by atoms with Crippen LogP contribution in [0.25, 0.3) is 0 Å². The SMILES string of the molecule is CCOC(=O)c1csc(C(Cc2ccc(NS(=O)(=O)O)cc2)NC(=O)C(Cc2ccccc2)NC(=O)OC)n1. The van der Waals surface area contributed by atoms with Crippen LogP contribution in [-0.2, 0) is 37.4 Å². The fourth-order valence-corrected chi connectivity index (χ4v) is 4.85. The molecule has 3 aromatic rings. The third-order valence-corrected chi connectivity index (χ3v) is 6.79. The zero-order valence-corrected chi connectivity index (χ0v) is 22.8. The second kappa shape index (κ2) is 13.7. The summed E-state index contributed by atoms with van der Waals surface area (Å²) in [5, 5.41) is 7.40. The van der Waals surface area contributed by atoms with E-state index in [-0.39, 0.29) is 30.8 Å². The lowest BCUT2D eigenvalue weighted by molar-refractivity contribution is -0.123. The summed E-state index contributed by atoms with van der Waals surface area (Å²) in [7, 11) is -3.24. The van der Waals surface area contributed by atoms with Gasteiger partial charge < -0.3 is 20.1 Å². The number of nitrogens with one attached hydrogen (secondary N) is 3. The molecule has 0 spiro atoms. The van der Waals surface area contributed by atoms with Gasteiger partial charge in [0.1, 0.15) is 11.0 Å². The van der Waals surface area contributed by atoms with Crippen molar-refractivity contribution in [3.05, 3.63) is 81.8 Å². The largest absolute Gasteiger partial charge is 0.461 e. The number of anilines is 1. The van der Waals surface area contributed by atoms with Crippen molar-refractivity contribution in [2.24, 2.45) is 0 Å². The van der Waals surface area contributed by atoms with E-state index in [1.54, 1.807) is 19.1 Å². The molecule has 0 radical (unpaired) electrons. The molecule has 2 amide bonds. The van der Waals surface area contributed by atoms with E-state index in [1.165, 1.54) is 24.6 Å². The molecule has 2 atom stereocenters. The molecule has 0 saturated carbocycles. The molecule has 0 aliphatic carbocycles.